The van der Waals surface area contributed by atoms with E-state index in [4.69, 9.17) is 21.6 Å². The Bertz CT molecular complexity index is 561. The standard InChI is InChI=1S/C15H17ClN2O2/c1-10-8-12(16)4-5-13(10)20-11(2)14(19)18-15(9-17)6-3-7-15/h4-5,8,11H,3,6-7H2,1-2H3,(H,18,19)/t11-/m1/s1. The van der Waals surface area contributed by atoms with Crippen LogP contribution >= 0.6 is 11.6 Å². The Morgan fingerprint density at radius 3 is 2.75 bits per heavy atom. The van der Waals surface area contributed by atoms with Gasteiger partial charge >= 0.3 is 0 Å². The highest BCUT2D eigenvalue weighted by atomic mass is 35.5. The molecule has 0 aliphatic heterocycles. The molecule has 5 heteroatoms. The zero-order chi connectivity index (χ0) is 14.8. The monoisotopic (exact) mass is 292 g/mol. The molecule has 1 aliphatic rings. The van der Waals surface area contributed by atoms with Gasteiger partial charge in [-0.1, -0.05) is 11.6 Å². The Morgan fingerprint density at radius 1 is 1.55 bits per heavy atom. The highest BCUT2D eigenvalue weighted by Gasteiger charge is 2.39. The number of aryl methyl sites for hydroxylation is 1. The van der Waals surface area contributed by atoms with E-state index >= 15 is 0 Å². The number of ether oxygens (including phenoxy) is 1. The first kappa shape index (κ1) is 14.7. The smallest absolute Gasteiger partial charge is 0.262 e. The molecule has 4 nitrogen and oxygen atoms in total. The summed E-state index contributed by atoms with van der Waals surface area (Å²) in [5.74, 6) is 0.359. The number of nitrogens with one attached hydrogen (secondary N) is 1. The van der Waals surface area contributed by atoms with Crippen LogP contribution in [0.25, 0.3) is 0 Å². The van der Waals surface area contributed by atoms with Gasteiger partial charge in [-0.2, -0.15) is 5.26 Å². The quantitative estimate of drug-likeness (QED) is 0.928. The molecule has 0 radical (unpaired) electrons. The molecule has 1 N–H and O–H groups in total. The van der Waals surface area contributed by atoms with Gasteiger partial charge in [0.1, 0.15) is 11.3 Å². The number of nitriles is 1. The molecule has 0 bridgehead atoms. The van der Waals surface area contributed by atoms with E-state index in [9.17, 15) is 4.79 Å². The average Bonchev–Trinajstić information content (AvgIpc) is 2.36. The highest BCUT2D eigenvalue weighted by Crippen LogP contribution is 2.31. The van der Waals surface area contributed by atoms with Crippen LogP contribution in [-0.2, 0) is 4.79 Å². The maximum absolute atomic E-state index is 12.1. The Hall–Kier alpha value is -1.73. The molecule has 0 unspecified atom stereocenters. The molecular formula is C15H17ClN2O2. The third-order valence-electron chi connectivity index (χ3n) is 3.59. The molecule has 1 aromatic rings. The summed E-state index contributed by atoms with van der Waals surface area (Å²) in [6.45, 7) is 3.54. The SMILES string of the molecule is Cc1cc(Cl)ccc1O[C@H](C)C(=O)NC1(C#N)CCC1. The Morgan fingerprint density at radius 2 is 2.25 bits per heavy atom. The van der Waals surface area contributed by atoms with Crippen LogP contribution in [0.2, 0.25) is 5.02 Å². The van der Waals surface area contributed by atoms with E-state index in [-0.39, 0.29) is 5.91 Å². The lowest BCUT2D eigenvalue weighted by Crippen LogP contribution is -2.55. The molecule has 1 amide bonds. The van der Waals surface area contributed by atoms with Crippen molar-refractivity contribution in [3.05, 3.63) is 28.8 Å². The number of hydrogen-bond acceptors (Lipinski definition) is 3. The van der Waals surface area contributed by atoms with Gasteiger partial charge in [-0.15, -0.1) is 0 Å². The second-order valence-electron chi connectivity index (χ2n) is 5.21. The predicted octanol–water partition coefficient (Wildman–Crippen LogP) is 2.98. The highest BCUT2D eigenvalue weighted by molar-refractivity contribution is 6.30. The summed E-state index contributed by atoms with van der Waals surface area (Å²) < 4.78 is 5.64. The van der Waals surface area contributed by atoms with E-state index in [1.807, 2.05) is 6.92 Å². The van der Waals surface area contributed by atoms with Crippen molar-refractivity contribution in [3.63, 3.8) is 0 Å². The minimum atomic E-state index is -0.691. The van der Waals surface area contributed by atoms with Gasteiger partial charge in [0, 0.05) is 5.02 Å². The molecule has 0 spiro atoms. The molecular weight excluding hydrogens is 276 g/mol. The maximum Gasteiger partial charge on any atom is 0.262 e. The van der Waals surface area contributed by atoms with Gasteiger partial charge in [-0.3, -0.25) is 4.79 Å². The van der Waals surface area contributed by atoms with Crippen LogP contribution in [0, 0.1) is 18.3 Å². The summed E-state index contributed by atoms with van der Waals surface area (Å²) in [5, 5.41) is 12.5. The van der Waals surface area contributed by atoms with Crippen LogP contribution < -0.4 is 10.1 Å². The molecule has 1 fully saturated rings. The normalized spacial score (nSPS) is 17.5. The fraction of sp³-hybridized carbons (Fsp3) is 0.467. The molecule has 1 aromatic carbocycles. The van der Waals surface area contributed by atoms with Gasteiger partial charge in [0.2, 0.25) is 0 Å². The van der Waals surface area contributed by atoms with Crippen molar-refractivity contribution in [3.8, 4) is 11.8 Å². The number of rotatable bonds is 4. The Kier molecular flexibility index (Phi) is 4.20. The number of halogens is 1. The topological polar surface area (TPSA) is 62.1 Å². The summed E-state index contributed by atoms with van der Waals surface area (Å²) in [6, 6.07) is 7.42. The van der Waals surface area contributed by atoms with E-state index in [2.05, 4.69) is 11.4 Å². The Balaban J connectivity index is 1.99. The van der Waals surface area contributed by atoms with Crippen molar-refractivity contribution in [1.82, 2.24) is 5.32 Å². The van der Waals surface area contributed by atoms with E-state index in [0.717, 1.165) is 12.0 Å². The fourth-order valence-corrected chi connectivity index (χ4v) is 2.35. The first-order valence-electron chi connectivity index (χ1n) is 6.62. The van der Waals surface area contributed by atoms with Gasteiger partial charge in [-0.25, -0.2) is 0 Å². The lowest BCUT2D eigenvalue weighted by molar-refractivity contribution is -0.129. The van der Waals surface area contributed by atoms with Crippen molar-refractivity contribution in [2.24, 2.45) is 0 Å². The van der Waals surface area contributed by atoms with Crippen LogP contribution in [0.4, 0.5) is 0 Å². The molecule has 106 valence electrons. The first-order chi connectivity index (χ1) is 9.46. The zero-order valence-electron chi connectivity index (χ0n) is 11.6. The van der Waals surface area contributed by atoms with Crippen molar-refractivity contribution in [2.75, 3.05) is 0 Å². The minimum Gasteiger partial charge on any atom is -0.481 e. The van der Waals surface area contributed by atoms with Crippen molar-refractivity contribution in [2.45, 2.75) is 44.8 Å². The molecule has 0 aromatic heterocycles. The number of carbonyl (C=O) groups excluding carboxylic acids is 1. The molecule has 20 heavy (non-hydrogen) atoms. The van der Waals surface area contributed by atoms with E-state index in [1.165, 1.54) is 0 Å². The van der Waals surface area contributed by atoms with Crippen LogP contribution in [-0.4, -0.2) is 17.6 Å². The number of benzene rings is 1. The van der Waals surface area contributed by atoms with E-state index < -0.39 is 11.6 Å². The van der Waals surface area contributed by atoms with Crippen LogP contribution in [0.15, 0.2) is 18.2 Å². The molecule has 1 aliphatic carbocycles. The van der Waals surface area contributed by atoms with Crippen molar-refractivity contribution >= 4 is 17.5 Å². The van der Waals surface area contributed by atoms with Crippen molar-refractivity contribution in [1.29, 1.82) is 5.26 Å². The zero-order valence-corrected chi connectivity index (χ0v) is 12.3. The number of amides is 1. The molecule has 0 saturated heterocycles. The molecule has 1 atom stereocenters. The van der Waals surface area contributed by atoms with Gasteiger partial charge < -0.3 is 10.1 Å². The summed E-state index contributed by atoms with van der Waals surface area (Å²) in [5.41, 5.74) is 0.180. The molecule has 1 saturated carbocycles. The predicted molar refractivity (Wildman–Crippen MR) is 76.6 cm³/mol. The number of hydrogen-bond donors (Lipinski definition) is 1. The minimum absolute atomic E-state index is 0.263. The van der Waals surface area contributed by atoms with Gasteiger partial charge in [0.25, 0.3) is 5.91 Å². The summed E-state index contributed by atoms with van der Waals surface area (Å²) >= 11 is 5.88. The fourth-order valence-electron chi connectivity index (χ4n) is 2.12. The maximum atomic E-state index is 12.1. The second-order valence-corrected chi connectivity index (χ2v) is 5.64. The Labute approximate surface area is 123 Å². The van der Waals surface area contributed by atoms with Gasteiger partial charge in [0.05, 0.1) is 6.07 Å². The average molecular weight is 293 g/mol. The largest absolute Gasteiger partial charge is 0.481 e. The lowest BCUT2D eigenvalue weighted by atomic mass is 9.78. The van der Waals surface area contributed by atoms with E-state index in [1.54, 1.807) is 25.1 Å². The third kappa shape index (κ3) is 3.05. The van der Waals surface area contributed by atoms with Crippen LogP contribution in [0.3, 0.4) is 0 Å². The third-order valence-corrected chi connectivity index (χ3v) is 3.83. The summed E-state index contributed by atoms with van der Waals surface area (Å²) in [6.07, 6.45) is 1.74. The molecule has 0 heterocycles. The van der Waals surface area contributed by atoms with Gasteiger partial charge in [-0.05, 0) is 56.9 Å². The van der Waals surface area contributed by atoms with Gasteiger partial charge in [0.15, 0.2) is 6.10 Å². The number of carbonyl (C=O) groups is 1. The van der Waals surface area contributed by atoms with Crippen LogP contribution in [0.1, 0.15) is 31.7 Å². The second kappa shape index (κ2) is 5.72. The molecule has 2 rings (SSSR count). The lowest BCUT2D eigenvalue weighted by Gasteiger charge is -2.36. The first-order valence-corrected chi connectivity index (χ1v) is 7.00. The summed E-state index contributed by atoms with van der Waals surface area (Å²) in [7, 11) is 0. The number of nitrogens with zero attached hydrogens (tertiary/aromatic N) is 1. The van der Waals surface area contributed by atoms with E-state index in [0.29, 0.717) is 23.6 Å². The van der Waals surface area contributed by atoms with Crippen molar-refractivity contribution < 1.29 is 9.53 Å². The van der Waals surface area contributed by atoms with Crippen LogP contribution in [0.5, 0.6) is 5.75 Å². The summed E-state index contributed by atoms with van der Waals surface area (Å²) in [4.78, 5) is 12.1.